The Morgan fingerprint density at radius 3 is 2.53 bits per heavy atom. The molecule has 1 saturated heterocycles. The van der Waals surface area contributed by atoms with Crippen molar-refractivity contribution in [1.29, 1.82) is 0 Å². The highest BCUT2D eigenvalue weighted by atomic mass is 16.6. The summed E-state index contributed by atoms with van der Waals surface area (Å²) in [6, 6.07) is 0. The van der Waals surface area contributed by atoms with E-state index in [1.165, 1.54) is 0 Å². The van der Waals surface area contributed by atoms with Gasteiger partial charge in [-0.2, -0.15) is 0 Å². The monoisotopic (exact) mass is 212 g/mol. The molecule has 0 amide bonds. The van der Waals surface area contributed by atoms with Crippen molar-refractivity contribution in [3.8, 4) is 0 Å². The Labute approximate surface area is 90.5 Å². The average Bonchev–Trinajstić information content (AvgIpc) is 2.55. The molecule has 2 aliphatic rings. The van der Waals surface area contributed by atoms with E-state index in [1.807, 2.05) is 20.8 Å². The molecule has 2 fully saturated rings. The molecule has 2 rings (SSSR count). The van der Waals surface area contributed by atoms with Crippen molar-refractivity contribution < 1.29 is 9.53 Å². The molecule has 0 unspecified atom stereocenters. The molecular weight excluding hydrogens is 192 g/mol. The zero-order valence-corrected chi connectivity index (χ0v) is 9.67. The Morgan fingerprint density at radius 1 is 1.47 bits per heavy atom. The van der Waals surface area contributed by atoms with Crippen LogP contribution in [-0.4, -0.2) is 23.8 Å². The third-order valence-corrected chi connectivity index (χ3v) is 3.21. The zero-order chi connectivity index (χ0) is 11.3. The van der Waals surface area contributed by atoms with Gasteiger partial charge < -0.3 is 10.5 Å². The fourth-order valence-electron chi connectivity index (χ4n) is 2.60. The van der Waals surface area contributed by atoms with Gasteiger partial charge in [-0.25, -0.2) is 0 Å². The quantitative estimate of drug-likeness (QED) is 0.625. The average molecular weight is 212 g/mol. The van der Waals surface area contributed by atoms with E-state index >= 15 is 0 Å². The van der Waals surface area contributed by atoms with E-state index in [0.717, 1.165) is 13.0 Å². The number of hydrogen-bond donors (Lipinski definition) is 2. The molecule has 0 aromatic heterocycles. The Kier molecular flexibility index (Phi) is 2.32. The highest BCUT2D eigenvalue weighted by Gasteiger charge is 2.51. The predicted molar refractivity (Wildman–Crippen MR) is 57.0 cm³/mol. The van der Waals surface area contributed by atoms with Gasteiger partial charge in [-0.3, -0.25) is 10.1 Å². The van der Waals surface area contributed by atoms with Crippen molar-refractivity contribution in [1.82, 2.24) is 5.32 Å². The molecule has 1 heterocycles. The van der Waals surface area contributed by atoms with Crippen LogP contribution in [0.15, 0.2) is 0 Å². The van der Waals surface area contributed by atoms with Crippen LogP contribution in [0.1, 0.15) is 33.6 Å². The van der Waals surface area contributed by atoms with Gasteiger partial charge in [-0.15, -0.1) is 0 Å². The molecule has 4 heteroatoms. The van der Waals surface area contributed by atoms with Crippen LogP contribution in [-0.2, 0) is 9.53 Å². The van der Waals surface area contributed by atoms with Gasteiger partial charge in [0.1, 0.15) is 5.60 Å². The second-order valence-electron chi connectivity index (χ2n) is 5.85. The van der Waals surface area contributed by atoms with Gasteiger partial charge in [0.15, 0.2) is 0 Å². The number of piperidine rings is 1. The zero-order valence-electron chi connectivity index (χ0n) is 9.67. The third-order valence-electron chi connectivity index (χ3n) is 3.21. The molecule has 86 valence electrons. The van der Waals surface area contributed by atoms with Gasteiger partial charge >= 0.3 is 5.97 Å². The lowest BCUT2D eigenvalue weighted by Crippen LogP contribution is -2.51. The minimum Gasteiger partial charge on any atom is -0.460 e. The summed E-state index contributed by atoms with van der Waals surface area (Å²) in [6.45, 7) is 6.54. The van der Waals surface area contributed by atoms with E-state index in [2.05, 4.69) is 5.32 Å². The largest absolute Gasteiger partial charge is 0.460 e. The van der Waals surface area contributed by atoms with E-state index in [4.69, 9.17) is 10.5 Å². The highest BCUT2D eigenvalue weighted by molar-refractivity contribution is 5.74. The van der Waals surface area contributed by atoms with Crippen LogP contribution in [0, 0.1) is 11.8 Å². The molecule has 1 aliphatic heterocycles. The lowest BCUT2D eigenvalue weighted by atomic mass is 9.95. The topological polar surface area (TPSA) is 64.3 Å². The molecule has 0 aromatic carbocycles. The van der Waals surface area contributed by atoms with E-state index < -0.39 is 5.60 Å². The molecule has 3 N–H and O–H groups in total. The minimum atomic E-state index is -0.395. The van der Waals surface area contributed by atoms with Crippen molar-refractivity contribution >= 4 is 5.97 Å². The maximum absolute atomic E-state index is 11.9. The summed E-state index contributed by atoms with van der Waals surface area (Å²) in [5.74, 6) is 0.279. The third kappa shape index (κ3) is 2.16. The summed E-state index contributed by atoms with van der Waals surface area (Å²) < 4.78 is 5.40. The van der Waals surface area contributed by atoms with Crippen molar-refractivity contribution in [2.45, 2.75) is 44.9 Å². The second kappa shape index (κ2) is 3.19. The first kappa shape index (κ1) is 10.9. The Hall–Kier alpha value is -0.610. The Bertz CT molecular complexity index is 285. The van der Waals surface area contributed by atoms with Crippen LogP contribution in [0.25, 0.3) is 0 Å². The number of carbonyl (C=O) groups is 1. The number of carbonyl (C=O) groups excluding carboxylic acids is 1. The van der Waals surface area contributed by atoms with Gasteiger partial charge in [0.25, 0.3) is 0 Å². The van der Waals surface area contributed by atoms with E-state index in [9.17, 15) is 4.79 Å². The van der Waals surface area contributed by atoms with Gasteiger partial charge in [-0.05, 0) is 39.5 Å². The second-order valence-corrected chi connectivity index (χ2v) is 5.85. The first-order valence-corrected chi connectivity index (χ1v) is 5.56. The van der Waals surface area contributed by atoms with Crippen LogP contribution in [0.5, 0.6) is 0 Å². The Morgan fingerprint density at radius 2 is 2.13 bits per heavy atom. The number of nitrogens with one attached hydrogen (secondary N) is 1. The van der Waals surface area contributed by atoms with E-state index in [-0.39, 0.29) is 17.6 Å². The molecule has 3 atom stereocenters. The summed E-state index contributed by atoms with van der Waals surface area (Å²) in [6.07, 6.45) is 1.61. The first-order chi connectivity index (χ1) is 6.79. The molecule has 0 aromatic rings. The fourth-order valence-corrected chi connectivity index (χ4v) is 2.60. The summed E-state index contributed by atoms with van der Waals surface area (Å²) in [5, 5.41) is 3.25. The summed E-state index contributed by atoms with van der Waals surface area (Å²) >= 11 is 0. The molecule has 15 heavy (non-hydrogen) atoms. The number of nitrogens with two attached hydrogens (primary N) is 1. The summed E-state index contributed by atoms with van der Waals surface area (Å²) in [4.78, 5) is 11.9. The van der Waals surface area contributed by atoms with Gasteiger partial charge in [0.05, 0.1) is 11.6 Å². The van der Waals surface area contributed by atoms with Crippen molar-refractivity contribution in [3.05, 3.63) is 0 Å². The normalized spacial score (nSPS) is 39.5. The molecular formula is C11H20N2O2. The fraction of sp³-hybridized carbons (Fsp3) is 0.909. The van der Waals surface area contributed by atoms with Gasteiger partial charge in [-0.1, -0.05) is 0 Å². The SMILES string of the molecule is CC(C)(C)OC(=O)[C@@H]1C[C@@]2(N)C[C@H]1CN2. The number of fused-ring (bicyclic) bond motifs is 2. The maximum atomic E-state index is 11.9. The standard InChI is InChI=1S/C11H20N2O2/c1-10(2,3)15-9(14)8-5-11(12)4-7(8)6-13-11/h7-8,13H,4-6,12H2,1-3H3/t7-,8+,11+/m0/s1. The van der Waals surface area contributed by atoms with Crippen molar-refractivity contribution in [2.75, 3.05) is 6.54 Å². The molecule has 1 aliphatic carbocycles. The summed E-state index contributed by atoms with van der Waals surface area (Å²) in [5.41, 5.74) is 5.37. The van der Waals surface area contributed by atoms with Crippen molar-refractivity contribution in [3.63, 3.8) is 0 Å². The smallest absolute Gasteiger partial charge is 0.309 e. The maximum Gasteiger partial charge on any atom is 0.309 e. The highest BCUT2D eigenvalue weighted by Crippen LogP contribution is 2.42. The van der Waals surface area contributed by atoms with Gasteiger partial charge in [0.2, 0.25) is 0 Å². The molecule has 2 bridgehead atoms. The molecule has 0 spiro atoms. The van der Waals surface area contributed by atoms with Crippen LogP contribution >= 0.6 is 0 Å². The van der Waals surface area contributed by atoms with Crippen LogP contribution in [0.4, 0.5) is 0 Å². The number of rotatable bonds is 1. The molecule has 1 saturated carbocycles. The molecule has 4 nitrogen and oxygen atoms in total. The van der Waals surface area contributed by atoms with Crippen LogP contribution in [0.3, 0.4) is 0 Å². The molecule has 0 radical (unpaired) electrons. The van der Waals surface area contributed by atoms with Crippen LogP contribution < -0.4 is 11.1 Å². The van der Waals surface area contributed by atoms with Gasteiger partial charge in [0, 0.05) is 6.54 Å². The summed E-state index contributed by atoms with van der Waals surface area (Å²) in [7, 11) is 0. The number of hydrogen-bond acceptors (Lipinski definition) is 4. The Balaban J connectivity index is 1.99. The predicted octanol–water partition coefficient (Wildman–Crippen LogP) is 0.613. The van der Waals surface area contributed by atoms with Crippen LogP contribution in [0.2, 0.25) is 0 Å². The number of esters is 1. The van der Waals surface area contributed by atoms with Crippen molar-refractivity contribution in [2.24, 2.45) is 17.6 Å². The number of ether oxygens (including phenoxy) is 1. The van der Waals surface area contributed by atoms with E-state index in [0.29, 0.717) is 12.3 Å². The van der Waals surface area contributed by atoms with E-state index in [1.54, 1.807) is 0 Å². The minimum absolute atomic E-state index is 0.00419. The first-order valence-electron chi connectivity index (χ1n) is 5.56. The lowest BCUT2D eigenvalue weighted by molar-refractivity contribution is -0.161. The lowest BCUT2D eigenvalue weighted by Gasteiger charge is -2.29.